The van der Waals surface area contributed by atoms with Gasteiger partial charge in [-0.1, -0.05) is 72.8 Å². The number of carbonyl (C=O) groups is 1. The van der Waals surface area contributed by atoms with Crippen LogP contribution in [0.2, 0.25) is 0 Å². The lowest BCUT2D eigenvalue weighted by atomic mass is 9.82. The molecule has 0 aromatic heterocycles. The van der Waals surface area contributed by atoms with E-state index in [0.717, 1.165) is 34.6 Å². The minimum atomic E-state index is -0.0834. The maximum Gasteiger partial charge on any atom is 0.191 e. The van der Waals surface area contributed by atoms with Gasteiger partial charge in [0, 0.05) is 29.7 Å². The van der Waals surface area contributed by atoms with Gasteiger partial charge in [0.15, 0.2) is 12.0 Å². The number of rotatable bonds is 3. The Morgan fingerprint density at radius 3 is 2.30 bits per heavy atom. The molecule has 2 aliphatic rings. The van der Waals surface area contributed by atoms with Crippen molar-refractivity contribution in [2.75, 3.05) is 4.90 Å². The quantitative estimate of drug-likeness (QED) is 0.609. The number of Topliss-reactive ketones (excluding diaryl/α,β-unsaturated/α-hetero) is 1. The van der Waals surface area contributed by atoms with Crippen LogP contribution in [0.25, 0.3) is 0 Å². The summed E-state index contributed by atoms with van der Waals surface area (Å²) in [4.78, 5) is 15.5. The molecule has 0 fully saturated rings. The number of hydrogen-bond donors (Lipinski definition) is 0. The van der Waals surface area contributed by atoms with E-state index in [-0.39, 0.29) is 17.9 Å². The minimum absolute atomic E-state index is 0.00877. The summed E-state index contributed by atoms with van der Waals surface area (Å²) in [6, 6.07) is 27.7. The van der Waals surface area contributed by atoms with Crippen molar-refractivity contribution in [3.8, 4) is 5.75 Å². The fourth-order valence-electron chi connectivity index (χ4n) is 3.99. The maximum absolute atomic E-state index is 13.3. The molecule has 0 saturated heterocycles. The van der Waals surface area contributed by atoms with Crippen molar-refractivity contribution in [1.29, 1.82) is 0 Å². The van der Waals surface area contributed by atoms with Gasteiger partial charge in [-0.25, -0.2) is 0 Å². The predicted octanol–water partition coefficient (Wildman–Crippen LogP) is 5.17. The Labute approximate surface area is 158 Å². The van der Waals surface area contributed by atoms with Crippen molar-refractivity contribution in [3.05, 3.63) is 108 Å². The first-order valence-corrected chi connectivity index (χ1v) is 9.22. The van der Waals surface area contributed by atoms with Crippen molar-refractivity contribution in [2.45, 2.75) is 18.6 Å². The molecule has 3 heteroatoms. The van der Waals surface area contributed by atoms with Crippen LogP contribution in [0.3, 0.4) is 0 Å². The van der Waals surface area contributed by atoms with Crippen LogP contribution in [0.5, 0.6) is 5.75 Å². The third-order valence-electron chi connectivity index (χ3n) is 5.31. The van der Waals surface area contributed by atoms with Gasteiger partial charge >= 0.3 is 0 Å². The van der Waals surface area contributed by atoms with Gasteiger partial charge in [0.1, 0.15) is 5.75 Å². The molecule has 5 rings (SSSR count). The van der Waals surface area contributed by atoms with Crippen LogP contribution in [0, 0.1) is 0 Å². The number of ether oxygens (including phenoxy) is 1. The second-order valence-corrected chi connectivity index (χ2v) is 6.93. The van der Waals surface area contributed by atoms with Crippen LogP contribution in [0.1, 0.15) is 28.3 Å². The lowest BCUT2D eigenvalue weighted by Gasteiger charge is -2.33. The molecule has 27 heavy (non-hydrogen) atoms. The Morgan fingerprint density at radius 2 is 1.52 bits per heavy atom. The van der Waals surface area contributed by atoms with Crippen molar-refractivity contribution >= 4 is 11.5 Å². The molecule has 2 aliphatic heterocycles. The van der Waals surface area contributed by atoms with Crippen LogP contribution in [-0.4, -0.2) is 12.0 Å². The first-order valence-electron chi connectivity index (χ1n) is 9.22. The third kappa shape index (κ3) is 2.72. The summed E-state index contributed by atoms with van der Waals surface area (Å²) in [6.45, 7) is 0. The summed E-state index contributed by atoms with van der Waals surface area (Å²) >= 11 is 0. The topological polar surface area (TPSA) is 29.5 Å². The van der Waals surface area contributed by atoms with E-state index in [1.165, 1.54) is 0 Å². The number of para-hydroxylation sites is 2. The molecule has 3 aromatic rings. The second kappa shape index (κ2) is 6.44. The van der Waals surface area contributed by atoms with Gasteiger partial charge in [-0.2, -0.15) is 0 Å². The molecule has 0 spiro atoms. The number of carbonyl (C=O) groups excluding carboxylic acids is 1. The molecule has 0 saturated carbocycles. The van der Waals surface area contributed by atoms with E-state index in [0.29, 0.717) is 0 Å². The summed E-state index contributed by atoms with van der Waals surface area (Å²) in [5, 5.41) is 0. The zero-order valence-electron chi connectivity index (χ0n) is 14.8. The van der Waals surface area contributed by atoms with Gasteiger partial charge in [-0.3, -0.25) is 4.79 Å². The standard InChI is InChI=1S/C24H19NO2/c26-24(18-11-5-2-6-12-18)20-16-25-21-13-7-8-14-22(21)27-23(25)15-19(20)17-9-3-1-4-10-17/h1-14,16,19,23H,15H2/t19-,23+/m0/s1. The van der Waals surface area contributed by atoms with Crippen molar-refractivity contribution in [2.24, 2.45) is 0 Å². The Bertz CT molecular complexity index is 1010. The molecule has 0 amide bonds. The summed E-state index contributed by atoms with van der Waals surface area (Å²) < 4.78 is 6.17. The Kier molecular flexibility index (Phi) is 3.79. The van der Waals surface area contributed by atoms with E-state index < -0.39 is 0 Å². The predicted molar refractivity (Wildman–Crippen MR) is 106 cm³/mol. The van der Waals surface area contributed by atoms with E-state index in [1.807, 2.05) is 79.0 Å². The van der Waals surface area contributed by atoms with E-state index in [1.54, 1.807) is 0 Å². The highest BCUT2D eigenvalue weighted by atomic mass is 16.5. The molecule has 0 aliphatic carbocycles. The fourth-order valence-corrected chi connectivity index (χ4v) is 3.99. The Hall–Kier alpha value is -3.33. The maximum atomic E-state index is 13.3. The van der Waals surface area contributed by atoms with Crippen LogP contribution in [-0.2, 0) is 0 Å². The number of benzene rings is 3. The first kappa shape index (κ1) is 15.9. The number of anilines is 1. The van der Waals surface area contributed by atoms with Gasteiger partial charge in [-0.05, 0) is 17.7 Å². The van der Waals surface area contributed by atoms with E-state index in [9.17, 15) is 4.79 Å². The Balaban J connectivity index is 1.61. The summed E-state index contributed by atoms with van der Waals surface area (Å²) in [5.41, 5.74) is 3.69. The SMILES string of the molecule is O=C(C1=CN2c3ccccc3O[C@@H]2C[C@H]1c1ccccc1)c1ccccc1. The molecule has 0 unspecified atom stereocenters. The monoisotopic (exact) mass is 353 g/mol. The zero-order chi connectivity index (χ0) is 18.2. The lowest BCUT2D eigenvalue weighted by Crippen LogP contribution is -2.38. The smallest absolute Gasteiger partial charge is 0.191 e. The van der Waals surface area contributed by atoms with E-state index in [4.69, 9.17) is 4.74 Å². The molecule has 2 heterocycles. The van der Waals surface area contributed by atoms with E-state index in [2.05, 4.69) is 17.0 Å². The molecule has 0 N–H and O–H groups in total. The average molecular weight is 353 g/mol. The number of hydrogen-bond acceptors (Lipinski definition) is 3. The molecular formula is C24H19NO2. The second-order valence-electron chi connectivity index (χ2n) is 6.93. The zero-order valence-corrected chi connectivity index (χ0v) is 14.8. The van der Waals surface area contributed by atoms with E-state index >= 15 is 0 Å². The molecular weight excluding hydrogens is 334 g/mol. The number of nitrogens with zero attached hydrogens (tertiary/aromatic N) is 1. The highest BCUT2D eigenvalue weighted by Gasteiger charge is 2.39. The van der Waals surface area contributed by atoms with Crippen molar-refractivity contribution < 1.29 is 9.53 Å². The summed E-state index contributed by atoms with van der Waals surface area (Å²) in [5.74, 6) is 0.959. The average Bonchev–Trinajstić information content (AvgIpc) is 3.11. The fraction of sp³-hybridized carbons (Fsp3) is 0.125. The molecule has 0 radical (unpaired) electrons. The largest absolute Gasteiger partial charge is 0.468 e. The molecule has 132 valence electrons. The number of fused-ring (bicyclic) bond motifs is 3. The van der Waals surface area contributed by atoms with Crippen LogP contribution in [0.15, 0.2) is 96.7 Å². The normalized spacial score (nSPS) is 20.3. The Morgan fingerprint density at radius 1 is 0.852 bits per heavy atom. The highest BCUT2D eigenvalue weighted by Crippen LogP contribution is 2.45. The number of ketones is 1. The van der Waals surface area contributed by atoms with Crippen LogP contribution >= 0.6 is 0 Å². The van der Waals surface area contributed by atoms with Gasteiger partial charge in [0.25, 0.3) is 0 Å². The third-order valence-corrected chi connectivity index (χ3v) is 5.31. The molecule has 0 bridgehead atoms. The number of allylic oxidation sites excluding steroid dienone is 1. The lowest BCUT2D eigenvalue weighted by molar-refractivity contribution is 0.101. The first-order chi connectivity index (χ1) is 13.3. The van der Waals surface area contributed by atoms with Gasteiger partial charge in [0.05, 0.1) is 5.69 Å². The molecule has 2 atom stereocenters. The summed E-state index contributed by atoms with van der Waals surface area (Å²) in [7, 11) is 0. The van der Waals surface area contributed by atoms with Crippen molar-refractivity contribution in [3.63, 3.8) is 0 Å². The minimum Gasteiger partial charge on any atom is -0.468 e. The molecule has 3 nitrogen and oxygen atoms in total. The highest BCUT2D eigenvalue weighted by molar-refractivity contribution is 6.10. The van der Waals surface area contributed by atoms with Crippen LogP contribution < -0.4 is 9.64 Å². The van der Waals surface area contributed by atoms with Crippen molar-refractivity contribution in [1.82, 2.24) is 0 Å². The van der Waals surface area contributed by atoms with Gasteiger partial charge in [-0.15, -0.1) is 0 Å². The van der Waals surface area contributed by atoms with Gasteiger partial charge in [0.2, 0.25) is 0 Å². The molecule has 3 aromatic carbocycles. The van der Waals surface area contributed by atoms with Gasteiger partial charge < -0.3 is 9.64 Å². The summed E-state index contributed by atoms with van der Waals surface area (Å²) in [6.07, 6.45) is 2.65. The van der Waals surface area contributed by atoms with Crippen LogP contribution in [0.4, 0.5) is 5.69 Å².